The minimum Gasteiger partial charge on any atom is -0.497 e. The van der Waals surface area contributed by atoms with E-state index in [4.69, 9.17) is 9.47 Å². The zero-order chi connectivity index (χ0) is 31.2. The van der Waals surface area contributed by atoms with Crippen LogP contribution in [0, 0.1) is 6.92 Å². The van der Waals surface area contributed by atoms with E-state index in [-0.39, 0.29) is 0 Å². The maximum Gasteiger partial charge on any atom is 0.119 e. The SMILES string of the molecule is COc1ccc(CN(c2ccc(Br)cc2)c2ccc(-c3ccc(N(c4ccc(OC)cc4)c4cccc(C)c4)cc3)cc2)cc1. The second kappa shape index (κ2) is 13.7. The van der Waals surface area contributed by atoms with E-state index in [0.717, 1.165) is 62.1 Å². The standard InChI is InChI=1S/C40H35BrN2O2/c1-29-5-4-6-38(27-29)43(37-21-25-40(45-3)26-22-37)36-17-11-32(12-18-36)31-9-15-34(16-10-31)42(35-19-13-33(41)14-20-35)28-30-7-23-39(44-2)24-8-30/h4-27H,28H2,1-3H3. The van der Waals surface area contributed by atoms with Crippen LogP contribution in [0.1, 0.15) is 11.1 Å². The van der Waals surface area contributed by atoms with E-state index in [1.54, 1.807) is 14.2 Å². The van der Waals surface area contributed by atoms with Gasteiger partial charge in [-0.25, -0.2) is 0 Å². The number of methoxy groups -OCH3 is 2. The van der Waals surface area contributed by atoms with Crippen LogP contribution in [-0.4, -0.2) is 14.2 Å². The fourth-order valence-corrected chi connectivity index (χ4v) is 5.71. The van der Waals surface area contributed by atoms with Gasteiger partial charge in [-0.15, -0.1) is 0 Å². The maximum absolute atomic E-state index is 5.41. The molecule has 0 aliphatic carbocycles. The van der Waals surface area contributed by atoms with E-state index >= 15 is 0 Å². The third-order valence-electron chi connectivity index (χ3n) is 7.87. The highest BCUT2D eigenvalue weighted by atomic mass is 79.9. The number of anilines is 5. The van der Waals surface area contributed by atoms with Gasteiger partial charge in [0.2, 0.25) is 0 Å². The van der Waals surface area contributed by atoms with Crippen molar-refractivity contribution in [3.8, 4) is 22.6 Å². The molecule has 0 unspecified atom stereocenters. The van der Waals surface area contributed by atoms with Crippen molar-refractivity contribution >= 4 is 44.4 Å². The first-order valence-corrected chi connectivity index (χ1v) is 15.7. The molecule has 6 rings (SSSR count). The summed E-state index contributed by atoms with van der Waals surface area (Å²) in [4.78, 5) is 4.60. The van der Waals surface area contributed by atoms with Crippen LogP contribution in [0.3, 0.4) is 0 Å². The molecule has 6 aromatic rings. The van der Waals surface area contributed by atoms with Gasteiger partial charge in [0.25, 0.3) is 0 Å². The maximum atomic E-state index is 5.41. The highest BCUT2D eigenvalue weighted by Crippen LogP contribution is 2.37. The molecule has 0 saturated carbocycles. The molecule has 0 atom stereocenters. The van der Waals surface area contributed by atoms with Gasteiger partial charge >= 0.3 is 0 Å². The lowest BCUT2D eigenvalue weighted by Crippen LogP contribution is -2.16. The second-order valence-corrected chi connectivity index (χ2v) is 11.8. The van der Waals surface area contributed by atoms with Crippen LogP contribution in [0.15, 0.2) is 150 Å². The van der Waals surface area contributed by atoms with Crippen molar-refractivity contribution in [1.82, 2.24) is 0 Å². The van der Waals surface area contributed by atoms with Crippen molar-refractivity contribution < 1.29 is 9.47 Å². The van der Waals surface area contributed by atoms with Crippen molar-refractivity contribution in [3.63, 3.8) is 0 Å². The molecule has 0 saturated heterocycles. The summed E-state index contributed by atoms with van der Waals surface area (Å²) >= 11 is 3.58. The average molecular weight is 656 g/mol. The second-order valence-electron chi connectivity index (χ2n) is 10.9. The topological polar surface area (TPSA) is 24.9 Å². The Morgan fingerprint density at radius 1 is 0.511 bits per heavy atom. The molecule has 224 valence electrons. The zero-order valence-corrected chi connectivity index (χ0v) is 27.2. The number of benzene rings is 6. The van der Waals surface area contributed by atoms with Gasteiger partial charge in [0.05, 0.1) is 14.2 Å². The number of nitrogens with zero attached hydrogens (tertiary/aromatic N) is 2. The Kier molecular flexibility index (Phi) is 9.18. The Bertz CT molecular complexity index is 1830. The molecule has 0 heterocycles. The Morgan fingerprint density at radius 2 is 0.978 bits per heavy atom. The van der Waals surface area contributed by atoms with Crippen LogP contribution in [0.5, 0.6) is 11.5 Å². The summed E-state index contributed by atoms with van der Waals surface area (Å²) in [7, 11) is 3.39. The van der Waals surface area contributed by atoms with Gasteiger partial charge in [-0.1, -0.05) is 64.5 Å². The molecule has 0 aliphatic heterocycles. The summed E-state index contributed by atoms with van der Waals surface area (Å²) in [6.45, 7) is 2.86. The number of rotatable bonds is 10. The molecular weight excluding hydrogens is 620 g/mol. The predicted molar refractivity (Wildman–Crippen MR) is 191 cm³/mol. The zero-order valence-electron chi connectivity index (χ0n) is 25.7. The summed E-state index contributed by atoms with van der Waals surface area (Å²) in [5, 5.41) is 0. The normalized spacial score (nSPS) is 10.8. The molecule has 6 aromatic carbocycles. The smallest absolute Gasteiger partial charge is 0.119 e. The summed E-state index contributed by atoms with van der Waals surface area (Å²) in [5.41, 5.74) is 10.3. The number of hydrogen-bond acceptors (Lipinski definition) is 4. The molecule has 0 N–H and O–H groups in total. The molecule has 0 amide bonds. The summed E-state index contributed by atoms with van der Waals surface area (Å²) < 4.78 is 11.8. The molecule has 0 fully saturated rings. The lowest BCUT2D eigenvalue weighted by Gasteiger charge is -2.26. The largest absolute Gasteiger partial charge is 0.497 e. The first kappa shape index (κ1) is 30.0. The number of aryl methyl sites for hydroxylation is 1. The fraction of sp³-hybridized carbons (Fsp3) is 0.100. The Balaban J connectivity index is 1.28. The van der Waals surface area contributed by atoms with Gasteiger partial charge in [0.1, 0.15) is 11.5 Å². The van der Waals surface area contributed by atoms with Crippen molar-refractivity contribution in [2.45, 2.75) is 13.5 Å². The Hall–Kier alpha value is -5.00. The molecule has 0 aliphatic rings. The van der Waals surface area contributed by atoms with Gasteiger partial charge in [-0.05, 0) is 126 Å². The predicted octanol–water partition coefficient (Wildman–Crippen LogP) is 11.2. The van der Waals surface area contributed by atoms with Crippen LogP contribution >= 0.6 is 15.9 Å². The van der Waals surface area contributed by atoms with E-state index < -0.39 is 0 Å². The van der Waals surface area contributed by atoms with E-state index in [1.165, 1.54) is 11.1 Å². The number of halogens is 1. The van der Waals surface area contributed by atoms with Crippen LogP contribution in [-0.2, 0) is 6.54 Å². The first-order chi connectivity index (χ1) is 22.0. The molecular formula is C40H35BrN2O2. The van der Waals surface area contributed by atoms with Crippen LogP contribution in [0.4, 0.5) is 28.4 Å². The summed E-state index contributed by atoms with van der Waals surface area (Å²) in [6.07, 6.45) is 0. The molecule has 0 radical (unpaired) electrons. The van der Waals surface area contributed by atoms with E-state index in [0.29, 0.717) is 0 Å². The lowest BCUT2D eigenvalue weighted by molar-refractivity contribution is 0.414. The fourth-order valence-electron chi connectivity index (χ4n) is 5.45. The first-order valence-electron chi connectivity index (χ1n) is 14.9. The molecule has 4 nitrogen and oxygen atoms in total. The van der Waals surface area contributed by atoms with E-state index in [9.17, 15) is 0 Å². The van der Waals surface area contributed by atoms with Gasteiger partial charge in [-0.3, -0.25) is 0 Å². The van der Waals surface area contributed by atoms with Gasteiger partial charge in [-0.2, -0.15) is 0 Å². The van der Waals surface area contributed by atoms with Crippen LogP contribution in [0.25, 0.3) is 11.1 Å². The van der Waals surface area contributed by atoms with Crippen molar-refractivity contribution in [3.05, 3.63) is 161 Å². The molecule has 0 aromatic heterocycles. The van der Waals surface area contributed by atoms with Gasteiger partial charge in [0.15, 0.2) is 0 Å². The van der Waals surface area contributed by atoms with Gasteiger partial charge in [0, 0.05) is 39.5 Å². The minimum atomic E-state index is 0.736. The Morgan fingerprint density at radius 3 is 1.49 bits per heavy atom. The molecule has 0 bridgehead atoms. The number of ether oxygens (including phenoxy) is 2. The molecule has 45 heavy (non-hydrogen) atoms. The highest BCUT2D eigenvalue weighted by Gasteiger charge is 2.14. The summed E-state index contributed by atoms with van der Waals surface area (Å²) in [5.74, 6) is 1.69. The van der Waals surface area contributed by atoms with Gasteiger partial charge < -0.3 is 19.3 Å². The third kappa shape index (κ3) is 7.05. The summed E-state index contributed by atoms with van der Waals surface area (Å²) in [6, 6.07) is 51.0. The number of hydrogen-bond donors (Lipinski definition) is 0. The Labute approximate surface area is 274 Å². The van der Waals surface area contributed by atoms with Crippen molar-refractivity contribution in [2.75, 3.05) is 24.0 Å². The quantitative estimate of drug-likeness (QED) is 0.147. The molecule has 0 spiro atoms. The van der Waals surface area contributed by atoms with E-state index in [1.807, 2.05) is 24.3 Å². The molecule has 5 heteroatoms. The van der Waals surface area contributed by atoms with E-state index in [2.05, 4.69) is 154 Å². The van der Waals surface area contributed by atoms with Crippen molar-refractivity contribution in [2.24, 2.45) is 0 Å². The monoisotopic (exact) mass is 654 g/mol. The van der Waals surface area contributed by atoms with Crippen LogP contribution < -0.4 is 19.3 Å². The highest BCUT2D eigenvalue weighted by molar-refractivity contribution is 9.10. The van der Waals surface area contributed by atoms with Crippen molar-refractivity contribution in [1.29, 1.82) is 0 Å². The lowest BCUT2D eigenvalue weighted by atomic mass is 10.0. The minimum absolute atomic E-state index is 0.736. The average Bonchev–Trinajstić information content (AvgIpc) is 3.09. The third-order valence-corrected chi connectivity index (χ3v) is 8.40. The van der Waals surface area contributed by atoms with Crippen LogP contribution in [0.2, 0.25) is 0 Å².